The van der Waals surface area contributed by atoms with Crippen molar-refractivity contribution in [3.05, 3.63) is 40.6 Å². The molecule has 0 amide bonds. The second kappa shape index (κ2) is 3.60. The van der Waals surface area contributed by atoms with Crippen LogP contribution >= 0.6 is 0 Å². The van der Waals surface area contributed by atoms with Gasteiger partial charge in [-0.15, -0.1) is 0 Å². The van der Waals surface area contributed by atoms with E-state index < -0.39 is 0 Å². The van der Waals surface area contributed by atoms with Crippen molar-refractivity contribution in [2.45, 2.75) is 6.92 Å². The summed E-state index contributed by atoms with van der Waals surface area (Å²) in [4.78, 5) is 20.8. The number of fused-ring (bicyclic) bond motifs is 3. The van der Waals surface area contributed by atoms with Crippen molar-refractivity contribution >= 4 is 5.78 Å². The number of ketones is 1. The van der Waals surface area contributed by atoms with Gasteiger partial charge in [0, 0.05) is 25.2 Å². The smallest absolute Gasteiger partial charge is 0.241 e. The molecular weight excluding hydrogens is 228 g/mol. The highest BCUT2D eigenvalue weighted by Crippen LogP contribution is 2.34. The molecule has 0 aliphatic heterocycles. The summed E-state index contributed by atoms with van der Waals surface area (Å²) in [5, 5.41) is 4.27. The lowest BCUT2D eigenvalue weighted by Crippen LogP contribution is -2.26. The van der Waals surface area contributed by atoms with E-state index >= 15 is 0 Å². The summed E-state index contributed by atoms with van der Waals surface area (Å²) in [6.07, 6.45) is 0. The van der Waals surface area contributed by atoms with E-state index in [0.29, 0.717) is 22.6 Å². The molecule has 0 saturated carbocycles. The molecule has 0 saturated heterocycles. The van der Waals surface area contributed by atoms with Gasteiger partial charge in [-0.25, -0.2) is 9.67 Å². The van der Waals surface area contributed by atoms with Gasteiger partial charge < -0.3 is 0 Å². The van der Waals surface area contributed by atoms with Crippen LogP contribution in [0.2, 0.25) is 0 Å². The van der Waals surface area contributed by atoms with E-state index in [1.165, 1.54) is 4.68 Å². The number of carbonyl (C=O) groups is 1. The van der Waals surface area contributed by atoms with Crippen LogP contribution < -0.4 is 5.62 Å². The summed E-state index contributed by atoms with van der Waals surface area (Å²) >= 11 is 0. The molecule has 0 N–H and O–H groups in total. The first kappa shape index (κ1) is 10.8. The van der Waals surface area contributed by atoms with Crippen LogP contribution in [0.3, 0.4) is 0 Å². The van der Waals surface area contributed by atoms with Crippen LogP contribution in [0, 0.1) is 6.92 Å². The molecule has 1 aliphatic rings. The van der Waals surface area contributed by atoms with Crippen LogP contribution in [0.4, 0.5) is 0 Å². The Bertz CT molecular complexity index is 743. The predicted molar refractivity (Wildman–Crippen MR) is 66.1 cm³/mol. The van der Waals surface area contributed by atoms with Gasteiger partial charge in [-0.1, -0.05) is 18.2 Å². The zero-order valence-corrected chi connectivity index (χ0v) is 10.4. The van der Waals surface area contributed by atoms with E-state index in [1.54, 1.807) is 14.1 Å². The van der Waals surface area contributed by atoms with Crippen molar-refractivity contribution in [3.63, 3.8) is 0 Å². The topological polar surface area (TPSA) is 60.1 Å². The Morgan fingerprint density at radius 1 is 1.28 bits per heavy atom. The molecule has 0 spiro atoms. The fourth-order valence-electron chi connectivity index (χ4n) is 2.29. The highest BCUT2D eigenvalue weighted by molar-refractivity contribution is 6.20. The van der Waals surface area contributed by atoms with Gasteiger partial charge in [0.1, 0.15) is 5.69 Å². The van der Waals surface area contributed by atoms with Gasteiger partial charge in [0.05, 0.1) is 0 Å². The number of aryl methyl sites for hydroxylation is 2. The number of hydrogen-bond donors (Lipinski definition) is 0. The molecule has 0 fully saturated rings. The Morgan fingerprint density at radius 2 is 2.06 bits per heavy atom. The number of carbonyl (C=O) groups excluding carboxylic acids is 1. The molecular formula is C13H12N4O. The van der Waals surface area contributed by atoms with E-state index in [9.17, 15) is 4.79 Å². The minimum Gasteiger partial charge on any atom is -0.287 e. The lowest BCUT2D eigenvalue weighted by atomic mass is 10.0. The molecule has 0 radical (unpaired) electrons. The van der Waals surface area contributed by atoms with Gasteiger partial charge in [-0.05, 0) is 12.5 Å². The highest BCUT2D eigenvalue weighted by atomic mass is 16.1. The maximum atomic E-state index is 12.3. The minimum atomic E-state index is -0.0520. The maximum absolute atomic E-state index is 12.3. The van der Waals surface area contributed by atoms with Crippen molar-refractivity contribution in [1.29, 1.82) is 0 Å². The minimum absolute atomic E-state index is 0.0520. The molecule has 1 aromatic carbocycles. The van der Waals surface area contributed by atoms with Crippen molar-refractivity contribution in [2.24, 2.45) is 12.0 Å². The molecule has 0 unspecified atom stereocenters. The predicted octanol–water partition coefficient (Wildman–Crippen LogP) is 0.865. The number of hydrogen-bond acceptors (Lipinski definition) is 4. The van der Waals surface area contributed by atoms with Crippen LogP contribution in [-0.4, -0.2) is 27.6 Å². The monoisotopic (exact) mass is 240 g/mol. The van der Waals surface area contributed by atoms with Crippen molar-refractivity contribution in [3.8, 4) is 11.3 Å². The van der Waals surface area contributed by atoms with Gasteiger partial charge >= 0.3 is 0 Å². The number of rotatable bonds is 0. The molecule has 1 aromatic heterocycles. The molecule has 1 heterocycles. The fourth-order valence-corrected chi connectivity index (χ4v) is 2.29. The Kier molecular flexibility index (Phi) is 2.16. The van der Waals surface area contributed by atoms with Gasteiger partial charge in [-0.3, -0.25) is 9.79 Å². The number of benzene rings is 1. The molecule has 18 heavy (non-hydrogen) atoms. The van der Waals surface area contributed by atoms with Gasteiger partial charge in [-0.2, -0.15) is 5.10 Å². The number of aromatic nitrogens is 3. The van der Waals surface area contributed by atoms with Gasteiger partial charge in [0.15, 0.2) is 5.69 Å². The van der Waals surface area contributed by atoms with Crippen molar-refractivity contribution < 1.29 is 4.79 Å². The van der Waals surface area contributed by atoms with Crippen LogP contribution in [-0.2, 0) is 7.05 Å². The van der Waals surface area contributed by atoms with Crippen LogP contribution in [0.1, 0.15) is 21.6 Å². The first-order chi connectivity index (χ1) is 8.63. The quantitative estimate of drug-likeness (QED) is 0.585. The SMILES string of the molecule is CN=c1nc2c(nn1C)C(=O)c1c(C)cccc1-2. The van der Waals surface area contributed by atoms with Crippen LogP contribution in [0.5, 0.6) is 0 Å². The third-order valence-electron chi connectivity index (χ3n) is 3.15. The zero-order valence-electron chi connectivity index (χ0n) is 10.4. The Hall–Kier alpha value is -2.30. The summed E-state index contributed by atoms with van der Waals surface area (Å²) in [5.74, 6) is -0.0520. The Morgan fingerprint density at radius 3 is 2.78 bits per heavy atom. The third-order valence-corrected chi connectivity index (χ3v) is 3.15. The molecule has 5 nitrogen and oxygen atoms in total. The molecule has 90 valence electrons. The van der Waals surface area contributed by atoms with Gasteiger partial charge in [0.2, 0.25) is 11.4 Å². The molecule has 2 aromatic rings. The molecule has 0 bridgehead atoms. The van der Waals surface area contributed by atoms with Crippen LogP contribution in [0.15, 0.2) is 23.2 Å². The fraction of sp³-hybridized carbons (Fsp3) is 0.231. The van der Waals surface area contributed by atoms with Crippen molar-refractivity contribution in [2.75, 3.05) is 7.05 Å². The first-order valence-corrected chi connectivity index (χ1v) is 5.66. The standard InChI is InChI=1S/C13H12N4O/c1-7-5-4-6-8-9(7)12(18)11-10(8)15-13(14-2)17(3)16-11/h4-6H,1-3H3. The lowest BCUT2D eigenvalue weighted by Gasteiger charge is -2.01. The largest absolute Gasteiger partial charge is 0.287 e. The normalized spacial score (nSPS) is 13.7. The summed E-state index contributed by atoms with van der Waals surface area (Å²) < 4.78 is 1.53. The Balaban J connectivity index is 2.43. The second-order valence-electron chi connectivity index (χ2n) is 4.28. The third kappa shape index (κ3) is 1.27. The van der Waals surface area contributed by atoms with E-state index in [-0.39, 0.29) is 5.78 Å². The molecule has 0 atom stereocenters. The van der Waals surface area contributed by atoms with E-state index in [2.05, 4.69) is 15.1 Å². The summed E-state index contributed by atoms with van der Waals surface area (Å²) in [6, 6.07) is 5.75. The zero-order chi connectivity index (χ0) is 12.9. The average molecular weight is 240 g/mol. The second-order valence-corrected chi connectivity index (χ2v) is 4.28. The summed E-state index contributed by atoms with van der Waals surface area (Å²) in [5.41, 5.74) is 4.08. The maximum Gasteiger partial charge on any atom is 0.241 e. The molecule has 5 heteroatoms. The summed E-state index contributed by atoms with van der Waals surface area (Å²) in [7, 11) is 3.39. The van der Waals surface area contributed by atoms with Gasteiger partial charge in [0.25, 0.3) is 0 Å². The summed E-state index contributed by atoms with van der Waals surface area (Å²) in [6.45, 7) is 1.92. The molecule has 1 aliphatic carbocycles. The average Bonchev–Trinajstić information content (AvgIpc) is 2.63. The van der Waals surface area contributed by atoms with Crippen molar-refractivity contribution in [1.82, 2.24) is 14.8 Å². The molecule has 3 rings (SSSR count). The van der Waals surface area contributed by atoms with E-state index in [1.807, 2.05) is 25.1 Å². The van der Waals surface area contributed by atoms with Crippen LogP contribution in [0.25, 0.3) is 11.3 Å². The first-order valence-electron chi connectivity index (χ1n) is 5.66. The van der Waals surface area contributed by atoms with E-state index in [4.69, 9.17) is 0 Å². The number of nitrogens with zero attached hydrogens (tertiary/aromatic N) is 4. The lowest BCUT2D eigenvalue weighted by molar-refractivity contribution is 0.103. The highest BCUT2D eigenvalue weighted by Gasteiger charge is 2.31. The Labute approximate surface area is 104 Å². The van der Waals surface area contributed by atoms with E-state index in [0.717, 1.165) is 11.1 Å².